The molecule has 0 spiro atoms. The number of fused-ring (bicyclic) bond motifs is 1. The Morgan fingerprint density at radius 3 is 2.56 bits per heavy atom. The number of nitrogens with zero attached hydrogens (tertiary/aromatic N) is 3. The molecule has 3 aromatic carbocycles. The largest absolute Gasteiger partial charge is 0.325 e. The Morgan fingerprint density at radius 2 is 1.81 bits per heavy atom. The van der Waals surface area contributed by atoms with E-state index in [4.69, 9.17) is 11.6 Å². The molecular weight excluding hydrogens is 442 g/mol. The Balaban J connectivity index is 1.51. The Hall–Kier alpha value is -3.29. The summed E-state index contributed by atoms with van der Waals surface area (Å²) < 4.78 is 1.87. The van der Waals surface area contributed by atoms with Gasteiger partial charge in [-0.25, -0.2) is 4.68 Å². The molecule has 6 nitrogen and oxygen atoms in total. The van der Waals surface area contributed by atoms with Crippen LogP contribution in [-0.4, -0.2) is 26.0 Å². The van der Waals surface area contributed by atoms with E-state index in [-0.39, 0.29) is 11.9 Å². The van der Waals surface area contributed by atoms with Crippen LogP contribution in [0.5, 0.6) is 0 Å². The van der Waals surface area contributed by atoms with Crippen LogP contribution in [0.1, 0.15) is 17.2 Å². The van der Waals surface area contributed by atoms with E-state index < -0.39 is 5.25 Å². The van der Waals surface area contributed by atoms with E-state index in [2.05, 4.69) is 20.9 Å². The molecule has 2 heterocycles. The number of anilines is 1. The number of hydrogen-bond donors (Lipinski definition) is 2. The number of carbonyl (C=O) groups is 1. The first-order valence-corrected chi connectivity index (χ1v) is 11.4. The van der Waals surface area contributed by atoms with Crippen molar-refractivity contribution in [3.8, 4) is 11.4 Å². The van der Waals surface area contributed by atoms with Crippen molar-refractivity contribution in [2.45, 2.75) is 23.4 Å². The number of amides is 1. The van der Waals surface area contributed by atoms with E-state index in [1.54, 1.807) is 12.1 Å². The average Bonchev–Trinajstić information content (AvgIpc) is 3.22. The zero-order valence-corrected chi connectivity index (χ0v) is 18.8. The van der Waals surface area contributed by atoms with E-state index in [1.807, 2.05) is 78.3 Å². The van der Waals surface area contributed by atoms with Gasteiger partial charge in [0.2, 0.25) is 11.1 Å². The number of halogens is 1. The highest BCUT2D eigenvalue weighted by Gasteiger charge is 2.38. The van der Waals surface area contributed by atoms with Crippen molar-refractivity contribution < 1.29 is 4.79 Å². The summed E-state index contributed by atoms with van der Waals surface area (Å²) >= 11 is 7.48. The van der Waals surface area contributed by atoms with E-state index in [0.717, 1.165) is 16.7 Å². The van der Waals surface area contributed by atoms with Gasteiger partial charge in [-0.05, 0) is 30.7 Å². The third-order valence-electron chi connectivity index (χ3n) is 5.26. The summed E-state index contributed by atoms with van der Waals surface area (Å²) in [7, 11) is 0. The predicted molar refractivity (Wildman–Crippen MR) is 128 cm³/mol. The molecule has 1 aromatic heterocycles. The van der Waals surface area contributed by atoms with Crippen LogP contribution in [-0.2, 0) is 4.79 Å². The molecule has 0 fully saturated rings. The highest BCUT2D eigenvalue weighted by atomic mass is 35.5. The van der Waals surface area contributed by atoms with Crippen molar-refractivity contribution in [1.82, 2.24) is 14.9 Å². The minimum Gasteiger partial charge on any atom is -0.325 e. The smallest absolute Gasteiger partial charge is 0.240 e. The minimum absolute atomic E-state index is 0.133. The van der Waals surface area contributed by atoms with Crippen molar-refractivity contribution in [3.63, 3.8) is 0 Å². The number of rotatable bonds is 4. The average molecular weight is 462 g/mol. The summed E-state index contributed by atoms with van der Waals surface area (Å²) in [6, 6.07) is 24.9. The van der Waals surface area contributed by atoms with Gasteiger partial charge in [0.1, 0.15) is 5.25 Å². The van der Waals surface area contributed by atoms with Gasteiger partial charge >= 0.3 is 0 Å². The lowest BCUT2D eigenvalue weighted by Crippen LogP contribution is -2.41. The van der Waals surface area contributed by atoms with Crippen molar-refractivity contribution in [2.75, 3.05) is 10.7 Å². The van der Waals surface area contributed by atoms with Gasteiger partial charge in [0, 0.05) is 16.3 Å². The fraction of sp³-hybridized carbons (Fsp3) is 0.125. The summed E-state index contributed by atoms with van der Waals surface area (Å²) in [4.78, 5) is 13.3. The molecule has 2 atom stereocenters. The van der Waals surface area contributed by atoms with Gasteiger partial charge in [-0.15, -0.1) is 10.2 Å². The second-order valence-corrected chi connectivity index (χ2v) is 9.11. The molecule has 1 aliphatic rings. The van der Waals surface area contributed by atoms with Crippen LogP contribution in [0.15, 0.2) is 84.0 Å². The Bertz CT molecular complexity index is 1260. The molecule has 0 unspecified atom stereocenters. The minimum atomic E-state index is -0.461. The SMILES string of the molecule is Cc1ccc([C@H]2Nn3c(nnc3-c3ccccc3)S[C@H]2C(=O)Nc2cccc(Cl)c2)cc1. The predicted octanol–water partition coefficient (Wildman–Crippen LogP) is 5.30. The second kappa shape index (κ2) is 8.68. The van der Waals surface area contributed by atoms with E-state index >= 15 is 0 Å². The molecule has 1 amide bonds. The number of carbonyl (C=O) groups excluding carboxylic acids is 1. The highest BCUT2D eigenvalue weighted by molar-refractivity contribution is 8.00. The molecule has 0 saturated heterocycles. The summed E-state index contributed by atoms with van der Waals surface area (Å²) in [6.45, 7) is 2.04. The number of thioether (sulfide) groups is 1. The lowest BCUT2D eigenvalue weighted by atomic mass is 10.0. The maximum absolute atomic E-state index is 13.3. The van der Waals surface area contributed by atoms with Crippen LogP contribution in [0.4, 0.5) is 5.69 Å². The van der Waals surface area contributed by atoms with Gasteiger partial charge < -0.3 is 10.7 Å². The Labute approximate surface area is 195 Å². The van der Waals surface area contributed by atoms with E-state index in [1.165, 1.54) is 11.8 Å². The lowest BCUT2D eigenvalue weighted by Gasteiger charge is -2.33. The van der Waals surface area contributed by atoms with Crippen LogP contribution < -0.4 is 10.7 Å². The quantitative estimate of drug-likeness (QED) is 0.431. The highest BCUT2D eigenvalue weighted by Crippen LogP contribution is 2.39. The van der Waals surface area contributed by atoms with Gasteiger partial charge in [0.25, 0.3) is 0 Å². The zero-order valence-electron chi connectivity index (χ0n) is 17.2. The molecule has 0 bridgehead atoms. The van der Waals surface area contributed by atoms with Crippen LogP contribution in [0.2, 0.25) is 5.02 Å². The van der Waals surface area contributed by atoms with Gasteiger partial charge in [0.05, 0.1) is 6.04 Å². The first kappa shape index (κ1) is 20.6. The van der Waals surface area contributed by atoms with Crippen molar-refractivity contribution in [1.29, 1.82) is 0 Å². The molecule has 0 radical (unpaired) electrons. The van der Waals surface area contributed by atoms with Crippen LogP contribution >= 0.6 is 23.4 Å². The molecule has 32 heavy (non-hydrogen) atoms. The molecule has 2 N–H and O–H groups in total. The van der Waals surface area contributed by atoms with Gasteiger partial charge in [0.15, 0.2) is 5.82 Å². The third-order valence-corrected chi connectivity index (χ3v) is 6.71. The number of benzene rings is 3. The van der Waals surface area contributed by atoms with Crippen LogP contribution in [0.3, 0.4) is 0 Å². The number of aryl methyl sites for hydroxylation is 1. The van der Waals surface area contributed by atoms with Gasteiger partial charge in [-0.3, -0.25) is 4.79 Å². The summed E-state index contributed by atoms with van der Waals surface area (Å²) in [5.41, 5.74) is 7.26. The molecule has 4 aromatic rings. The van der Waals surface area contributed by atoms with Crippen molar-refractivity contribution in [2.24, 2.45) is 0 Å². The standard InChI is InChI=1S/C24H20ClN5OS/c1-15-10-12-16(13-11-15)20-21(23(31)26-19-9-5-8-18(25)14-19)32-24-28-27-22(30(24)29-20)17-6-3-2-4-7-17/h2-14,20-21,29H,1H3,(H,26,31)/t20-,21-/m1/s1. The maximum Gasteiger partial charge on any atom is 0.240 e. The monoisotopic (exact) mass is 461 g/mol. The fourth-order valence-electron chi connectivity index (χ4n) is 3.63. The first-order chi connectivity index (χ1) is 15.6. The zero-order chi connectivity index (χ0) is 22.1. The molecule has 1 aliphatic heterocycles. The molecule has 5 rings (SSSR count). The third kappa shape index (κ3) is 4.09. The summed E-state index contributed by atoms with van der Waals surface area (Å²) in [5.74, 6) is 0.574. The Kier molecular flexibility index (Phi) is 5.59. The topological polar surface area (TPSA) is 71.8 Å². The van der Waals surface area contributed by atoms with Crippen molar-refractivity contribution in [3.05, 3.63) is 95.0 Å². The number of hydrogen-bond acceptors (Lipinski definition) is 5. The normalized spacial score (nSPS) is 17.3. The molecular formula is C24H20ClN5OS. The fourth-order valence-corrected chi connectivity index (χ4v) is 4.90. The second-order valence-electron chi connectivity index (χ2n) is 7.56. The molecule has 160 valence electrons. The molecule has 8 heteroatoms. The summed E-state index contributed by atoms with van der Waals surface area (Å²) in [5, 5.41) is 12.5. The van der Waals surface area contributed by atoms with Gasteiger partial charge in [-0.2, -0.15) is 0 Å². The van der Waals surface area contributed by atoms with Crippen molar-refractivity contribution >= 4 is 35.0 Å². The number of nitrogens with one attached hydrogen (secondary N) is 2. The summed E-state index contributed by atoms with van der Waals surface area (Å²) in [6.07, 6.45) is 0. The maximum atomic E-state index is 13.3. The molecule has 0 saturated carbocycles. The van der Waals surface area contributed by atoms with E-state index in [9.17, 15) is 4.79 Å². The van der Waals surface area contributed by atoms with Crippen LogP contribution in [0.25, 0.3) is 11.4 Å². The lowest BCUT2D eigenvalue weighted by molar-refractivity contribution is -0.116. The molecule has 0 aliphatic carbocycles. The van der Waals surface area contributed by atoms with E-state index in [0.29, 0.717) is 21.7 Å². The van der Waals surface area contributed by atoms with Gasteiger partial charge in [-0.1, -0.05) is 89.6 Å². The first-order valence-electron chi connectivity index (χ1n) is 10.2. The Morgan fingerprint density at radius 1 is 1.03 bits per heavy atom. The van der Waals surface area contributed by atoms with Crippen LogP contribution in [0, 0.1) is 6.92 Å². The number of aromatic nitrogens is 3.